The third kappa shape index (κ3) is 4.18. The molecule has 0 unspecified atom stereocenters. The zero-order chi connectivity index (χ0) is 15.1. The number of hydrogen-bond acceptors (Lipinski definition) is 6. The minimum atomic E-state index is 0.0972. The van der Waals surface area contributed by atoms with E-state index in [0.29, 0.717) is 33.4 Å². The van der Waals surface area contributed by atoms with E-state index in [4.69, 9.17) is 33.3 Å². The summed E-state index contributed by atoms with van der Waals surface area (Å²) in [5.74, 6) is 1.29. The summed E-state index contributed by atoms with van der Waals surface area (Å²) in [6, 6.07) is 3.12. The van der Waals surface area contributed by atoms with Crippen molar-refractivity contribution in [2.24, 2.45) is 0 Å². The maximum atomic E-state index is 9.20. The van der Waals surface area contributed by atoms with Crippen molar-refractivity contribution in [2.75, 3.05) is 0 Å². The number of aryl methyl sites for hydroxylation is 2. The standard InChI is InChI=1S/2C7H8O2S/c2*1-2-5-7(8)6(10)3-4-9-5/h2*3-4,8H,2H2,1H3. The van der Waals surface area contributed by atoms with E-state index in [1.807, 2.05) is 13.8 Å². The molecule has 0 aliphatic rings. The number of rotatable bonds is 2. The molecular formula is C14H16O4S2. The van der Waals surface area contributed by atoms with E-state index < -0.39 is 0 Å². The summed E-state index contributed by atoms with van der Waals surface area (Å²) < 4.78 is 10.8. The molecule has 2 rings (SSSR count). The van der Waals surface area contributed by atoms with Crippen molar-refractivity contribution in [3.05, 3.63) is 45.2 Å². The van der Waals surface area contributed by atoms with Gasteiger partial charge in [0, 0.05) is 12.8 Å². The first-order valence-corrected chi connectivity index (χ1v) is 6.92. The summed E-state index contributed by atoms with van der Waals surface area (Å²) in [4.78, 5) is 0. The molecule has 2 aromatic heterocycles. The number of hydrogen-bond donors (Lipinski definition) is 2. The summed E-state index contributed by atoms with van der Waals surface area (Å²) in [5.41, 5.74) is 0. The Balaban J connectivity index is 0.000000200. The van der Waals surface area contributed by atoms with Crippen LogP contribution in [0.25, 0.3) is 0 Å². The molecule has 0 spiro atoms. The van der Waals surface area contributed by atoms with Crippen LogP contribution in [0.1, 0.15) is 25.4 Å². The molecule has 20 heavy (non-hydrogen) atoms. The van der Waals surface area contributed by atoms with E-state index in [1.54, 1.807) is 12.1 Å². The largest absolute Gasteiger partial charge is 0.503 e. The summed E-state index contributed by atoms with van der Waals surface area (Å²) in [5, 5.41) is 18.4. The maximum Gasteiger partial charge on any atom is 0.172 e. The number of aromatic hydroxyl groups is 2. The highest BCUT2D eigenvalue weighted by Crippen LogP contribution is 2.18. The molecule has 0 saturated heterocycles. The predicted octanol–water partition coefficient (Wildman–Crippen LogP) is 4.55. The van der Waals surface area contributed by atoms with Gasteiger partial charge in [0.2, 0.25) is 0 Å². The molecule has 0 aromatic carbocycles. The Morgan fingerprint density at radius 2 is 1.20 bits per heavy atom. The third-order valence-electron chi connectivity index (χ3n) is 2.50. The summed E-state index contributed by atoms with van der Waals surface area (Å²) in [6.45, 7) is 3.79. The van der Waals surface area contributed by atoms with Crippen LogP contribution in [0.3, 0.4) is 0 Å². The molecule has 6 heteroatoms. The van der Waals surface area contributed by atoms with Crippen LogP contribution in [-0.2, 0) is 12.8 Å². The molecule has 108 valence electrons. The van der Waals surface area contributed by atoms with Crippen molar-refractivity contribution >= 4 is 24.4 Å². The first kappa shape index (κ1) is 16.4. The molecule has 0 atom stereocenters. The predicted molar refractivity (Wildman–Crippen MR) is 81.2 cm³/mol. The van der Waals surface area contributed by atoms with Gasteiger partial charge in [0.25, 0.3) is 0 Å². The zero-order valence-corrected chi connectivity index (χ0v) is 12.9. The van der Waals surface area contributed by atoms with Crippen LogP contribution in [0.2, 0.25) is 0 Å². The molecule has 2 N–H and O–H groups in total. The van der Waals surface area contributed by atoms with Gasteiger partial charge in [-0.3, -0.25) is 0 Å². The summed E-state index contributed by atoms with van der Waals surface area (Å²) in [7, 11) is 0. The first-order valence-electron chi connectivity index (χ1n) is 6.10. The van der Waals surface area contributed by atoms with Crippen LogP contribution in [0.4, 0.5) is 0 Å². The van der Waals surface area contributed by atoms with Crippen molar-refractivity contribution in [1.82, 2.24) is 0 Å². The van der Waals surface area contributed by atoms with Crippen molar-refractivity contribution in [1.29, 1.82) is 0 Å². The van der Waals surface area contributed by atoms with Crippen LogP contribution in [0.5, 0.6) is 11.5 Å². The van der Waals surface area contributed by atoms with E-state index in [9.17, 15) is 10.2 Å². The smallest absolute Gasteiger partial charge is 0.172 e. The van der Waals surface area contributed by atoms with E-state index in [2.05, 4.69) is 0 Å². The zero-order valence-electron chi connectivity index (χ0n) is 11.3. The maximum absolute atomic E-state index is 9.20. The summed E-state index contributed by atoms with van der Waals surface area (Å²) in [6.07, 6.45) is 4.30. The molecular weight excluding hydrogens is 296 g/mol. The fraction of sp³-hybridized carbons (Fsp3) is 0.286. The van der Waals surface area contributed by atoms with Gasteiger partial charge in [0.15, 0.2) is 11.5 Å². The van der Waals surface area contributed by atoms with Gasteiger partial charge >= 0.3 is 0 Å². The SMILES string of the molecule is CCc1occc(=S)c1O.CCc1occc(=S)c1O. The lowest BCUT2D eigenvalue weighted by atomic mass is 10.3. The van der Waals surface area contributed by atoms with E-state index in [-0.39, 0.29) is 11.5 Å². The Bertz CT molecular complexity index is 614. The van der Waals surface area contributed by atoms with E-state index in [0.717, 1.165) is 0 Å². The van der Waals surface area contributed by atoms with Crippen molar-refractivity contribution < 1.29 is 19.0 Å². The molecule has 0 radical (unpaired) electrons. The highest BCUT2D eigenvalue weighted by molar-refractivity contribution is 7.71. The van der Waals surface area contributed by atoms with Crippen LogP contribution in [-0.4, -0.2) is 10.2 Å². The Kier molecular flexibility index (Phi) is 6.41. The first-order chi connectivity index (χ1) is 9.51. The van der Waals surface area contributed by atoms with Gasteiger partial charge in [-0.15, -0.1) is 0 Å². The average Bonchev–Trinajstić information content (AvgIpc) is 2.45. The molecule has 0 aliphatic carbocycles. The fourth-order valence-electron chi connectivity index (χ4n) is 1.40. The quantitative estimate of drug-likeness (QED) is 0.793. The molecule has 2 aromatic rings. The Morgan fingerprint density at radius 3 is 1.45 bits per heavy atom. The topological polar surface area (TPSA) is 66.7 Å². The Morgan fingerprint density at radius 1 is 0.850 bits per heavy atom. The molecule has 4 nitrogen and oxygen atoms in total. The Labute approximate surface area is 127 Å². The van der Waals surface area contributed by atoms with E-state index in [1.165, 1.54) is 12.5 Å². The van der Waals surface area contributed by atoms with Gasteiger partial charge in [-0.2, -0.15) is 0 Å². The van der Waals surface area contributed by atoms with Crippen molar-refractivity contribution in [3.63, 3.8) is 0 Å². The van der Waals surface area contributed by atoms with Crippen LogP contribution in [0.15, 0.2) is 33.5 Å². The van der Waals surface area contributed by atoms with Gasteiger partial charge in [0.05, 0.1) is 21.5 Å². The average molecular weight is 312 g/mol. The minimum absolute atomic E-state index is 0.0972. The van der Waals surface area contributed by atoms with Crippen molar-refractivity contribution in [2.45, 2.75) is 26.7 Å². The van der Waals surface area contributed by atoms with Crippen LogP contribution in [0, 0.1) is 9.02 Å². The lowest BCUT2D eigenvalue weighted by Crippen LogP contribution is -1.79. The van der Waals surface area contributed by atoms with Crippen LogP contribution >= 0.6 is 24.4 Å². The second-order valence-corrected chi connectivity index (χ2v) is 4.70. The normalized spacial score (nSPS) is 9.70. The fourth-order valence-corrected chi connectivity index (χ4v) is 1.74. The minimum Gasteiger partial charge on any atom is -0.503 e. The molecule has 0 saturated carbocycles. The van der Waals surface area contributed by atoms with Crippen molar-refractivity contribution in [3.8, 4) is 11.5 Å². The lowest BCUT2D eigenvalue weighted by molar-refractivity contribution is 0.405. The van der Waals surface area contributed by atoms with Gasteiger partial charge in [0.1, 0.15) is 11.5 Å². The van der Waals surface area contributed by atoms with Gasteiger partial charge in [-0.25, -0.2) is 0 Å². The third-order valence-corrected chi connectivity index (χ3v) is 3.16. The van der Waals surface area contributed by atoms with Gasteiger partial charge in [-0.1, -0.05) is 38.3 Å². The van der Waals surface area contributed by atoms with E-state index >= 15 is 0 Å². The molecule has 2 heterocycles. The second kappa shape index (κ2) is 7.81. The molecule has 0 bridgehead atoms. The highest BCUT2D eigenvalue weighted by atomic mass is 32.1. The second-order valence-electron chi connectivity index (χ2n) is 3.82. The summed E-state index contributed by atoms with van der Waals surface area (Å²) >= 11 is 9.59. The lowest BCUT2D eigenvalue weighted by Gasteiger charge is -1.97. The monoisotopic (exact) mass is 312 g/mol. The Hall–Kier alpha value is -1.66. The highest BCUT2D eigenvalue weighted by Gasteiger charge is 2.00. The van der Waals surface area contributed by atoms with Crippen LogP contribution < -0.4 is 0 Å². The van der Waals surface area contributed by atoms with Gasteiger partial charge in [-0.05, 0) is 12.1 Å². The molecule has 0 amide bonds. The molecule has 0 aliphatic heterocycles. The molecule has 0 fully saturated rings. The van der Waals surface area contributed by atoms with Gasteiger partial charge < -0.3 is 19.0 Å².